The van der Waals surface area contributed by atoms with Crippen LogP contribution in [0.5, 0.6) is 0 Å². The molecule has 0 bridgehead atoms. The van der Waals surface area contributed by atoms with Crippen LogP contribution in [0.3, 0.4) is 0 Å². The number of carbonyl (C=O) groups excluding carboxylic acids is 1. The lowest BCUT2D eigenvalue weighted by atomic mass is 10.3. The van der Waals surface area contributed by atoms with E-state index >= 15 is 0 Å². The lowest BCUT2D eigenvalue weighted by Crippen LogP contribution is -2.26. The van der Waals surface area contributed by atoms with E-state index in [4.69, 9.17) is 16.0 Å². The molecule has 4 nitrogen and oxygen atoms in total. The van der Waals surface area contributed by atoms with Crippen LogP contribution in [0.4, 0.5) is 0 Å². The van der Waals surface area contributed by atoms with Crippen LogP contribution in [-0.2, 0) is 12.4 Å². The first-order valence-electron chi connectivity index (χ1n) is 5.75. The Kier molecular flexibility index (Phi) is 4.10. The van der Waals surface area contributed by atoms with Gasteiger partial charge < -0.3 is 14.3 Å². The second-order valence-electron chi connectivity index (χ2n) is 4.00. The fourth-order valence-electron chi connectivity index (χ4n) is 1.67. The molecule has 0 aliphatic heterocycles. The highest BCUT2D eigenvalue weighted by Crippen LogP contribution is 2.16. The minimum atomic E-state index is -0.207. The van der Waals surface area contributed by atoms with E-state index in [9.17, 15) is 4.79 Å². The number of aryl methyl sites for hydroxylation is 1. The Labute approximate surface area is 111 Å². The van der Waals surface area contributed by atoms with Crippen LogP contribution in [0.25, 0.3) is 0 Å². The van der Waals surface area contributed by atoms with Crippen molar-refractivity contribution in [1.82, 2.24) is 9.88 Å². The first kappa shape index (κ1) is 12.8. The molecular formula is C13H15ClN2O2. The van der Waals surface area contributed by atoms with E-state index < -0.39 is 0 Å². The Morgan fingerprint density at radius 3 is 2.78 bits per heavy atom. The molecule has 0 atom stereocenters. The molecule has 0 aliphatic rings. The van der Waals surface area contributed by atoms with E-state index in [1.54, 1.807) is 13.0 Å². The van der Waals surface area contributed by atoms with Crippen LogP contribution < -0.4 is 5.32 Å². The highest BCUT2D eigenvalue weighted by atomic mass is 35.5. The molecule has 18 heavy (non-hydrogen) atoms. The van der Waals surface area contributed by atoms with E-state index in [1.807, 2.05) is 29.1 Å². The molecule has 96 valence electrons. The Balaban J connectivity index is 1.87. The highest BCUT2D eigenvalue weighted by molar-refractivity contribution is 6.17. The predicted octanol–water partition coefficient (Wildman–Crippen LogP) is 2.56. The van der Waals surface area contributed by atoms with Crippen molar-refractivity contribution >= 4 is 17.5 Å². The van der Waals surface area contributed by atoms with Gasteiger partial charge in [-0.1, -0.05) is 0 Å². The van der Waals surface area contributed by atoms with Gasteiger partial charge in [0, 0.05) is 31.0 Å². The van der Waals surface area contributed by atoms with Gasteiger partial charge in [-0.15, -0.1) is 11.6 Å². The minimum absolute atomic E-state index is 0.207. The largest absolute Gasteiger partial charge is 0.456 e. The van der Waals surface area contributed by atoms with E-state index in [0.29, 0.717) is 23.9 Å². The molecule has 0 aliphatic carbocycles. The Hall–Kier alpha value is -1.68. The molecule has 0 fully saturated rings. The molecule has 1 amide bonds. The Morgan fingerprint density at radius 1 is 1.44 bits per heavy atom. The van der Waals surface area contributed by atoms with Crippen molar-refractivity contribution in [1.29, 1.82) is 0 Å². The fourth-order valence-corrected chi connectivity index (χ4v) is 1.93. The molecule has 0 spiro atoms. The first-order chi connectivity index (χ1) is 8.70. The monoisotopic (exact) mass is 266 g/mol. The Bertz CT molecular complexity index is 517. The van der Waals surface area contributed by atoms with Gasteiger partial charge in [0.15, 0.2) is 5.76 Å². The molecule has 5 heteroatoms. The summed E-state index contributed by atoms with van der Waals surface area (Å²) in [4.78, 5) is 11.8. The second-order valence-corrected chi connectivity index (χ2v) is 4.27. The summed E-state index contributed by atoms with van der Waals surface area (Å²) < 4.78 is 7.35. The number of furan rings is 1. The molecule has 2 aromatic rings. The molecule has 2 rings (SSSR count). The van der Waals surface area contributed by atoms with E-state index in [1.165, 1.54) is 0 Å². The smallest absolute Gasteiger partial charge is 0.287 e. The van der Waals surface area contributed by atoms with Crippen molar-refractivity contribution in [2.75, 3.05) is 6.54 Å². The Morgan fingerprint density at radius 2 is 2.17 bits per heavy atom. The van der Waals surface area contributed by atoms with Crippen molar-refractivity contribution < 1.29 is 9.21 Å². The van der Waals surface area contributed by atoms with Gasteiger partial charge in [-0.2, -0.15) is 0 Å². The minimum Gasteiger partial charge on any atom is -0.456 e. The molecular weight excluding hydrogens is 252 g/mol. The van der Waals surface area contributed by atoms with Crippen LogP contribution >= 0.6 is 11.6 Å². The standard InChI is InChI=1S/C13H15ClN2O2/c1-10-11(9-14)8-12(18-10)13(17)15-4-7-16-5-2-3-6-16/h2-3,5-6,8H,4,7,9H2,1H3,(H,15,17). The van der Waals surface area contributed by atoms with E-state index in [0.717, 1.165) is 12.1 Å². The third-order valence-corrected chi connectivity index (χ3v) is 3.00. The fraction of sp³-hybridized carbons (Fsp3) is 0.308. The SMILES string of the molecule is Cc1oc(C(=O)NCCn2cccc2)cc1CCl. The van der Waals surface area contributed by atoms with Crippen LogP contribution in [0, 0.1) is 6.92 Å². The number of nitrogens with one attached hydrogen (secondary N) is 1. The summed E-state index contributed by atoms with van der Waals surface area (Å²) >= 11 is 5.73. The predicted molar refractivity (Wildman–Crippen MR) is 69.8 cm³/mol. The van der Waals surface area contributed by atoms with Crippen molar-refractivity contribution in [2.24, 2.45) is 0 Å². The molecule has 2 aromatic heterocycles. The molecule has 1 N–H and O–H groups in total. The van der Waals surface area contributed by atoms with Crippen LogP contribution in [0.15, 0.2) is 35.0 Å². The molecule has 0 saturated carbocycles. The maximum Gasteiger partial charge on any atom is 0.287 e. The van der Waals surface area contributed by atoms with Crippen molar-refractivity contribution in [2.45, 2.75) is 19.3 Å². The maximum absolute atomic E-state index is 11.8. The summed E-state index contributed by atoms with van der Waals surface area (Å²) in [6.07, 6.45) is 3.91. The average Bonchev–Trinajstić information content (AvgIpc) is 2.98. The maximum atomic E-state index is 11.8. The third-order valence-electron chi connectivity index (χ3n) is 2.71. The van der Waals surface area contributed by atoms with Crippen LogP contribution in [0.2, 0.25) is 0 Å². The quantitative estimate of drug-likeness (QED) is 0.846. The lowest BCUT2D eigenvalue weighted by Gasteiger charge is -2.04. The summed E-state index contributed by atoms with van der Waals surface area (Å²) in [6.45, 7) is 3.10. The molecule has 0 unspecified atom stereocenters. The van der Waals surface area contributed by atoms with Gasteiger partial charge in [0.1, 0.15) is 5.76 Å². The van der Waals surface area contributed by atoms with Gasteiger partial charge in [0.2, 0.25) is 0 Å². The van der Waals surface area contributed by atoms with Crippen molar-refractivity contribution in [3.8, 4) is 0 Å². The topological polar surface area (TPSA) is 47.2 Å². The summed E-state index contributed by atoms with van der Waals surface area (Å²) in [7, 11) is 0. The second kappa shape index (κ2) is 5.78. The average molecular weight is 267 g/mol. The number of rotatable bonds is 5. The lowest BCUT2D eigenvalue weighted by molar-refractivity contribution is 0.0923. The normalized spacial score (nSPS) is 10.6. The number of halogens is 1. The van der Waals surface area contributed by atoms with E-state index in [2.05, 4.69) is 5.32 Å². The number of hydrogen-bond donors (Lipinski definition) is 1. The zero-order chi connectivity index (χ0) is 13.0. The number of aromatic nitrogens is 1. The van der Waals surface area contributed by atoms with Crippen LogP contribution in [0.1, 0.15) is 21.9 Å². The van der Waals surface area contributed by atoms with Gasteiger partial charge in [-0.3, -0.25) is 4.79 Å². The number of amides is 1. The molecule has 0 saturated heterocycles. The summed E-state index contributed by atoms with van der Waals surface area (Å²) in [6, 6.07) is 5.59. The van der Waals surface area contributed by atoms with Crippen LogP contribution in [-0.4, -0.2) is 17.0 Å². The molecule has 0 radical (unpaired) electrons. The third kappa shape index (κ3) is 2.96. The zero-order valence-corrected chi connectivity index (χ0v) is 10.9. The number of hydrogen-bond acceptors (Lipinski definition) is 2. The first-order valence-corrected chi connectivity index (χ1v) is 6.28. The van der Waals surface area contributed by atoms with Gasteiger partial charge in [-0.05, 0) is 25.1 Å². The summed E-state index contributed by atoms with van der Waals surface area (Å²) in [5, 5.41) is 2.81. The van der Waals surface area contributed by atoms with Gasteiger partial charge in [0.05, 0.1) is 5.88 Å². The zero-order valence-electron chi connectivity index (χ0n) is 10.1. The van der Waals surface area contributed by atoms with E-state index in [-0.39, 0.29) is 5.91 Å². The number of alkyl halides is 1. The summed E-state index contributed by atoms with van der Waals surface area (Å²) in [5.41, 5.74) is 0.854. The van der Waals surface area contributed by atoms with Gasteiger partial charge >= 0.3 is 0 Å². The molecule has 0 aromatic carbocycles. The number of carbonyl (C=O) groups is 1. The summed E-state index contributed by atoms with van der Waals surface area (Å²) in [5.74, 6) is 1.16. The van der Waals surface area contributed by atoms with Crippen molar-refractivity contribution in [3.63, 3.8) is 0 Å². The van der Waals surface area contributed by atoms with Crippen molar-refractivity contribution in [3.05, 3.63) is 47.7 Å². The van der Waals surface area contributed by atoms with Gasteiger partial charge in [0.25, 0.3) is 5.91 Å². The molecule has 2 heterocycles. The highest BCUT2D eigenvalue weighted by Gasteiger charge is 2.13. The number of nitrogens with zero attached hydrogens (tertiary/aromatic N) is 1. The van der Waals surface area contributed by atoms with Gasteiger partial charge in [-0.25, -0.2) is 0 Å².